The summed E-state index contributed by atoms with van der Waals surface area (Å²) in [6.07, 6.45) is 2.34. The van der Waals surface area contributed by atoms with Gasteiger partial charge in [-0.2, -0.15) is 0 Å². The summed E-state index contributed by atoms with van der Waals surface area (Å²) in [7, 11) is 0. The predicted molar refractivity (Wildman–Crippen MR) is 104 cm³/mol. The molecule has 1 fully saturated rings. The van der Waals surface area contributed by atoms with E-state index in [9.17, 15) is 4.79 Å². The minimum absolute atomic E-state index is 0.186. The Labute approximate surface area is 156 Å². The van der Waals surface area contributed by atoms with Gasteiger partial charge < -0.3 is 9.80 Å². The molecular formula is C21H28N4O. The maximum absolute atomic E-state index is 12.8. The molecule has 1 amide bonds. The third-order valence-corrected chi connectivity index (χ3v) is 5.02. The Morgan fingerprint density at radius 3 is 2.62 bits per heavy atom. The first-order valence-corrected chi connectivity index (χ1v) is 9.53. The number of aryl methyl sites for hydroxylation is 2. The second kappa shape index (κ2) is 8.30. The van der Waals surface area contributed by atoms with E-state index in [0.717, 1.165) is 36.7 Å². The van der Waals surface area contributed by atoms with Crippen molar-refractivity contribution < 1.29 is 4.79 Å². The number of carbonyl (C=O) groups excluding carboxylic acids is 1. The molecule has 0 spiro atoms. The molecule has 1 aromatic carbocycles. The van der Waals surface area contributed by atoms with E-state index in [1.165, 1.54) is 5.56 Å². The summed E-state index contributed by atoms with van der Waals surface area (Å²) in [4.78, 5) is 26.2. The fourth-order valence-corrected chi connectivity index (χ4v) is 3.53. The maximum atomic E-state index is 12.8. The van der Waals surface area contributed by atoms with Crippen molar-refractivity contribution in [2.75, 3.05) is 18.0 Å². The van der Waals surface area contributed by atoms with Gasteiger partial charge >= 0.3 is 0 Å². The van der Waals surface area contributed by atoms with Crippen LogP contribution in [0.15, 0.2) is 36.4 Å². The molecule has 0 aliphatic carbocycles. The second-order valence-corrected chi connectivity index (χ2v) is 6.88. The highest BCUT2D eigenvalue weighted by Gasteiger charge is 2.29. The molecule has 26 heavy (non-hydrogen) atoms. The summed E-state index contributed by atoms with van der Waals surface area (Å²) in [6, 6.07) is 12.5. The van der Waals surface area contributed by atoms with Crippen LogP contribution in [0.2, 0.25) is 0 Å². The van der Waals surface area contributed by atoms with E-state index in [1.54, 1.807) is 0 Å². The van der Waals surface area contributed by atoms with Gasteiger partial charge in [-0.25, -0.2) is 9.97 Å². The molecule has 5 heteroatoms. The molecule has 1 aromatic heterocycles. The van der Waals surface area contributed by atoms with Crippen LogP contribution in [0.3, 0.4) is 0 Å². The third-order valence-electron chi connectivity index (χ3n) is 5.02. The van der Waals surface area contributed by atoms with Gasteiger partial charge in [0.2, 0.25) is 5.91 Å². The van der Waals surface area contributed by atoms with Crippen LogP contribution in [0.25, 0.3) is 0 Å². The Kier molecular flexibility index (Phi) is 5.86. The molecule has 1 aliphatic heterocycles. The van der Waals surface area contributed by atoms with E-state index in [-0.39, 0.29) is 11.9 Å². The minimum Gasteiger partial charge on any atom is -0.354 e. The number of hydrogen-bond donors (Lipinski definition) is 0. The Hall–Kier alpha value is -2.43. The highest BCUT2D eigenvalue weighted by molar-refractivity contribution is 5.78. The minimum atomic E-state index is 0.186. The fourth-order valence-electron chi connectivity index (χ4n) is 3.53. The summed E-state index contributed by atoms with van der Waals surface area (Å²) < 4.78 is 0. The van der Waals surface area contributed by atoms with E-state index >= 15 is 0 Å². The molecule has 1 saturated heterocycles. The first-order chi connectivity index (χ1) is 12.6. The number of anilines is 1. The van der Waals surface area contributed by atoms with E-state index in [2.05, 4.69) is 46.9 Å². The van der Waals surface area contributed by atoms with Crippen molar-refractivity contribution in [1.82, 2.24) is 14.9 Å². The number of amides is 1. The molecule has 1 atom stereocenters. The van der Waals surface area contributed by atoms with Gasteiger partial charge in [-0.15, -0.1) is 0 Å². The molecule has 0 N–H and O–H groups in total. The van der Waals surface area contributed by atoms with Crippen LogP contribution in [0.4, 0.5) is 5.82 Å². The van der Waals surface area contributed by atoms with Gasteiger partial charge in [0.25, 0.3) is 0 Å². The third kappa shape index (κ3) is 4.21. The van der Waals surface area contributed by atoms with Gasteiger partial charge in [-0.3, -0.25) is 4.79 Å². The quantitative estimate of drug-likeness (QED) is 0.828. The largest absolute Gasteiger partial charge is 0.354 e. The molecule has 1 aliphatic rings. The van der Waals surface area contributed by atoms with E-state index in [4.69, 9.17) is 0 Å². The molecular weight excluding hydrogens is 324 g/mol. The van der Waals surface area contributed by atoms with Gasteiger partial charge in [0.15, 0.2) is 0 Å². The van der Waals surface area contributed by atoms with E-state index in [0.29, 0.717) is 19.5 Å². The molecule has 0 radical (unpaired) electrons. The van der Waals surface area contributed by atoms with Crippen LogP contribution in [0, 0.1) is 6.92 Å². The van der Waals surface area contributed by atoms with Crippen LogP contribution in [0.1, 0.15) is 43.8 Å². The van der Waals surface area contributed by atoms with Crippen molar-refractivity contribution in [3.8, 4) is 0 Å². The highest BCUT2D eigenvalue weighted by atomic mass is 16.2. The molecule has 138 valence electrons. The summed E-state index contributed by atoms with van der Waals surface area (Å²) in [5.41, 5.74) is 2.23. The Balaban J connectivity index is 1.83. The lowest BCUT2D eigenvalue weighted by Crippen LogP contribution is -2.42. The molecule has 2 heterocycles. The molecule has 0 saturated carbocycles. The zero-order valence-corrected chi connectivity index (χ0v) is 16.0. The lowest BCUT2D eigenvalue weighted by atomic mass is 10.1. The zero-order valence-electron chi connectivity index (χ0n) is 16.0. The summed E-state index contributed by atoms with van der Waals surface area (Å²) in [5, 5.41) is 0. The van der Waals surface area contributed by atoms with Crippen molar-refractivity contribution in [2.24, 2.45) is 0 Å². The maximum Gasteiger partial charge on any atom is 0.224 e. The average molecular weight is 352 g/mol. The standard InChI is InChI=1S/C21H28N4O/c1-4-18-13-20(23-16(3)22-18)24-12-11-21(26)25(19(5-2)15-24)14-17-9-7-6-8-10-17/h6-10,13,19H,4-5,11-12,14-15H2,1-3H3/t19-/m1/s1. The number of hydrogen-bond acceptors (Lipinski definition) is 4. The summed E-state index contributed by atoms with van der Waals surface area (Å²) in [6.45, 7) is 8.39. The topological polar surface area (TPSA) is 49.3 Å². The van der Waals surface area contributed by atoms with Crippen LogP contribution < -0.4 is 4.90 Å². The number of nitrogens with zero attached hydrogens (tertiary/aromatic N) is 4. The first kappa shape index (κ1) is 18.4. The molecule has 5 nitrogen and oxygen atoms in total. The zero-order chi connectivity index (χ0) is 18.5. The Bertz CT molecular complexity index is 747. The fraction of sp³-hybridized carbons (Fsp3) is 0.476. The first-order valence-electron chi connectivity index (χ1n) is 9.53. The van der Waals surface area contributed by atoms with Crippen LogP contribution in [-0.2, 0) is 17.8 Å². The lowest BCUT2D eigenvalue weighted by Gasteiger charge is -2.32. The number of rotatable bonds is 5. The average Bonchev–Trinajstić information content (AvgIpc) is 2.81. The van der Waals surface area contributed by atoms with Gasteiger partial charge in [-0.05, 0) is 25.3 Å². The van der Waals surface area contributed by atoms with Crippen molar-refractivity contribution in [1.29, 1.82) is 0 Å². The predicted octanol–water partition coefficient (Wildman–Crippen LogP) is 3.36. The smallest absolute Gasteiger partial charge is 0.224 e. The number of aromatic nitrogens is 2. The van der Waals surface area contributed by atoms with Gasteiger partial charge in [-0.1, -0.05) is 44.2 Å². The molecule has 0 unspecified atom stereocenters. The number of carbonyl (C=O) groups is 1. The van der Waals surface area contributed by atoms with Crippen LogP contribution in [0.5, 0.6) is 0 Å². The van der Waals surface area contributed by atoms with Gasteiger partial charge in [0, 0.05) is 43.9 Å². The SMILES string of the molecule is CCc1cc(N2CCC(=O)N(Cc3ccccc3)[C@H](CC)C2)nc(C)n1. The van der Waals surface area contributed by atoms with Crippen molar-refractivity contribution >= 4 is 11.7 Å². The van der Waals surface area contributed by atoms with Crippen LogP contribution in [-0.4, -0.2) is 39.9 Å². The highest BCUT2D eigenvalue weighted by Crippen LogP contribution is 2.22. The van der Waals surface area contributed by atoms with E-state index in [1.807, 2.05) is 30.0 Å². The molecule has 0 bridgehead atoms. The van der Waals surface area contributed by atoms with Crippen molar-refractivity contribution in [3.05, 3.63) is 53.5 Å². The van der Waals surface area contributed by atoms with Gasteiger partial charge in [0.1, 0.15) is 11.6 Å². The van der Waals surface area contributed by atoms with Crippen molar-refractivity contribution in [2.45, 2.75) is 52.6 Å². The van der Waals surface area contributed by atoms with Gasteiger partial charge in [0.05, 0.1) is 0 Å². The lowest BCUT2D eigenvalue weighted by molar-refractivity contribution is -0.133. The Morgan fingerprint density at radius 2 is 1.92 bits per heavy atom. The Morgan fingerprint density at radius 1 is 1.15 bits per heavy atom. The monoisotopic (exact) mass is 352 g/mol. The summed E-state index contributed by atoms with van der Waals surface area (Å²) >= 11 is 0. The van der Waals surface area contributed by atoms with E-state index < -0.39 is 0 Å². The molecule has 3 rings (SSSR count). The van der Waals surface area contributed by atoms with Crippen LogP contribution >= 0.6 is 0 Å². The normalized spacial score (nSPS) is 18.1. The molecule has 2 aromatic rings. The number of benzene rings is 1. The second-order valence-electron chi connectivity index (χ2n) is 6.88. The summed E-state index contributed by atoms with van der Waals surface area (Å²) in [5.74, 6) is 1.97. The van der Waals surface area contributed by atoms with Crippen molar-refractivity contribution in [3.63, 3.8) is 0 Å².